The molecule has 3 aromatic rings. The van der Waals surface area contributed by atoms with Crippen LogP contribution in [0, 0.1) is 0 Å². The number of carbonyl (C=O) groups excluding carboxylic acids is 1. The summed E-state index contributed by atoms with van der Waals surface area (Å²) in [5.74, 6) is -0.315. The first kappa shape index (κ1) is 19.5. The third-order valence-electron chi connectivity index (χ3n) is 4.34. The SMILES string of the molecule is O=C(N[C@@H](N1c2ccccc2Sc2ccccc21)C(Cl)(Cl)Cl)c1ccccc1. The second kappa shape index (κ2) is 7.88. The molecule has 0 saturated heterocycles. The third-order valence-corrected chi connectivity index (χ3v) is 6.09. The smallest absolute Gasteiger partial charge is 0.253 e. The van der Waals surface area contributed by atoms with Crippen LogP contribution in [-0.4, -0.2) is 15.9 Å². The molecule has 1 aliphatic heterocycles. The summed E-state index contributed by atoms with van der Waals surface area (Å²) in [5, 5.41) is 2.91. The van der Waals surface area contributed by atoms with Crippen LogP contribution in [0.15, 0.2) is 88.7 Å². The van der Waals surface area contributed by atoms with Gasteiger partial charge in [0.1, 0.15) is 0 Å². The van der Waals surface area contributed by atoms with Crippen molar-refractivity contribution in [2.45, 2.75) is 19.7 Å². The maximum Gasteiger partial charge on any atom is 0.253 e. The van der Waals surface area contributed by atoms with E-state index in [2.05, 4.69) is 5.32 Å². The number of rotatable bonds is 3. The van der Waals surface area contributed by atoms with E-state index in [1.807, 2.05) is 59.5 Å². The first-order valence-corrected chi connectivity index (χ1v) is 10.5. The Bertz CT molecular complexity index is 962. The van der Waals surface area contributed by atoms with Gasteiger partial charge in [0.25, 0.3) is 5.91 Å². The second-order valence-corrected chi connectivity index (χ2v) is 9.64. The lowest BCUT2D eigenvalue weighted by Gasteiger charge is -2.41. The Kier molecular flexibility index (Phi) is 5.48. The molecule has 0 bridgehead atoms. The maximum atomic E-state index is 12.8. The predicted molar refractivity (Wildman–Crippen MR) is 117 cm³/mol. The standard InChI is InChI=1S/C21H15Cl3N2OS/c22-21(23,24)20(25-19(27)14-8-2-1-3-9-14)26-15-10-4-6-12-17(15)28-18-13-7-5-11-16(18)26/h1-13,20H,(H,25,27)/t20-/m0/s1. The van der Waals surface area contributed by atoms with E-state index in [4.69, 9.17) is 34.8 Å². The number of nitrogens with zero attached hydrogens (tertiary/aromatic N) is 1. The van der Waals surface area contributed by atoms with E-state index in [-0.39, 0.29) is 5.91 Å². The van der Waals surface area contributed by atoms with Gasteiger partial charge in [-0.3, -0.25) is 4.79 Å². The van der Waals surface area contributed by atoms with E-state index in [0.717, 1.165) is 21.2 Å². The van der Waals surface area contributed by atoms with Crippen molar-refractivity contribution in [1.82, 2.24) is 5.32 Å². The molecule has 4 rings (SSSR count). The molecule has 1 N–H and O–H groups in total. The molecule has 1 aliphatic rings. The van der Waals surface area contributed by atoms with Crippen molar-refractivity contribution in [3.8, 4) is 0 Å². The Balaban J connectivity index is 1.80. The van der Waals surface area contributed by atoms with Crippen molar-refractivity contribution < 1.29 is 4.79 Å². The minimum absolute atomic E-state index is 0.315. The number of alkyl halides is 3. The van der Waals surface area contributed by atoms with Crippen molar-refractivity contribution in [2.75, 3.05) is 4.90 Å². The number of carbonyl (C=O) groups is 1. The van der Waals surface area contributed by atoms with Crippen LogP contribution in [0.1, 0.15) is 10.4 Å². The normalized spacial score (nSPS) is 14.0. The largest absolute Gasteiger partial charge is 0.328 e. The monoisotopic (exact) mass is 448 g/mol. The summed E-state index contributed by atoms with van der Waals surface area (Å²) in [7, 11) is 0. The molecule has 1 amide bonds. The van der Waals surface area contributed by atoms with Gasteiger partial charge in [0.15, 0.2) is 6.17 Å². The second-order valence-electron chi connectivity index (χ2n) is 6.19. The maximum absolute atomic E-state index is 12.8. The molecule has 1 heterocycles. The summed E-state index contributed by atoms with van der Waals surface area (Å²) in [6.45, 7) is 0. The van der Waals surface area contributed by atoms with Crippen LogP contribution in [0.5, 0.6) is 0 Å². The fourth-order valence-corrected chi connectivity index (χ4v) is 4.63. The Morgan fingerprint density at radius 3 is 1.86 bits per heavy atom. The highest BCUT2D eigenvalue weighted by Gasteiger charge is 2.42. The van der Waals surface area contributed by atoms with Crippen LogP contribution in [0.3, 0.4) is 0 Å². The van der Waals surface area contributed by atoms with Crippen LogP contribution in [0.4, 0.5) is 11.4 Å². The lowest BCUT2D eigenvalue weighted by atomic mass is 10.2. The van der Waals surface area contributed by atoms with Gasteiger partial charge < -0.3 is 10.2 Å². The van der Waals surface area contributed by atoms with Gasteiger partial charge in [-0.2, -0.15) is 0 Å². The molecule has 142 valence electrons. The van der Waals surface area contributed by atoms with Gasteiger partial charge in [-0.1, -0.05) is 89.0 Å². The summed E-state index contributed by atoms with van der Waals surface area (Å²) in [5.41, 5.74) is 2.24. The van der Waals surface area contributed by atoms with Crippen LogP contribution in [-0.2, 0) is 0 Å². The molecule has 28 heavy (non-hydrogen) atoms. The van der Waals surface area contributed by atoms with Gasteiger partial charge in [0.2, 0.25) is 3.79 Å². The Morgan fingerprint density at radius 1 is 0.821 bits per heavy atom. The average molecular weight is 450 g/mol. The molecule has 0 saturated carbocycles. The van der Waals surface area contributed by atoms with Crippen molar-refractivity contribution in [2.24, 2.45) is 0 Å². The molecule has 0 unspecified atom stereocenters. The number of nitrogens with one attached hydrogen (secondary N) is 1. The molecule has 3 aromatic carbocycles. The van der Waals surface area contributed by atoms with Gasteiger partial charge in [-0.15, -0.1) is 0 Å². The fourth-order valence-electron chi connectivity index (χ4n) is 3.10. The van der Waals surface area contributed by atoms with E-state index in [1.165, 1.54) is 0 Å². The minimum Gasteiger partial charge on any atom is -0.328 e. The van der Waals surface area contributed by atoms with E-state index >= 15 is 0 Å². The first-order valence-electron chi connectivity index (χ1n) is 8.53. The lowest BCUT2D eigenvalue weighted by molar-refractivity contribution is 0.0938. The molecule has 1 atom stereocenters. The number of fused-ring (bicyclic) bond motifs is 2. The number of anilines is 2. The highest BCUT2D eigenvalue weighted by molar-refractivity contribution is 7.99. The van der Waals surface area contributed by atoms with Gasteiger partial charge in [0.05, 0.1) is 11.4 Å². The molecule has 3 nitrogen and oxygen atoms in total. The Labute approximate surface area is 182 Å². The Hall–Kier alpha value is -1.85. The highest BCUT2D eigenvalue weighted by atomic mass is 35.6. The first-order chi connectivity index (χ1) is 13.4. The number of benzene rings is 3. The lowest BCUT2D eigenvalue weighted by Crippen LogP contribution is -2.54. The molecule has 0 fully saturated rings. The summed E-state index contributed by atoms with van der Waals surface area (Å²) >= 11 is 20.7. The van der Waals surface area contributed by atoms with Gasteiger partial charge in [0, 0.05) is 15.4 Å². The average Bonchev–Trinajstić information content (AvgIpc) is 2.70. The summed E-state index contributed by atoms with van der Waals surface area (Å²) < 4.78 is -1.77. The third kappa shape index (κ3) is 3.83. The van der Waals surface area contributed by atoms with Crippen molar-refractivity contribution in [1.29, 1.82) is 0 Å². The zero-order chi connectivity index (χ0) is 19.7. The summed E-state index contributed by atoms with van der Waals surface area (Å²) in [6.07, 6.45) is -0.909. The van der Waals surface area contributed by atoms with E-state index in [1.54, 1.807) is 36.0 Å². The summed E-state index contributed by atoms with van der Waals surface area (Å²) in [4.78, 5) is 16.8. The van der Waals surface area contributed by atoms with Crippen molar-refractivity contribution >= 4 is 63.8 Å². The van der Waals surface area contributed by atoms with Crippen molar-refractivity contribution in [3.05, 3.63) is 84.4 Å². The number of halogens is 3. The van der Waals surface area contributed by atoms with E-state index in [9.17, 15) is 4.79 Å². The van der Waals surface area contributed by atoms with Crippen LogP contribution < -0.4 is 10.2 Å². The quantitative estimate of drug-likeness (QED) is 0.469. The molecular weight excluding hydrogens is 435 g/mol. The molecule has 0 radical (unpaired) electrons. The molecule has 0 aliphatic carbocycles. The van der Waals surface area contributed by atoms with E-state index < -0.39 is 9.96 Å². The van der Waals surface area contributed by atoms with Crippen LogP contribution in [0.2, 0.25) is 0 Å². The summed E-state index contributed by atoms with van der Waals surface area (Å²) in [6, 6.07) is 24.6. The van der Waals surface area contributed by atoms with Crippen LogP contribution in [0.25, 0.3) is 0 Å². The van der Waals surface area contributed by atoms with Gasteiger partial charge in [-0.05, 0) is 36.4 Å². The number of para-hydroxylation sites is 2. The molecule has 0 aromatic heterocycles. The Morgan fingerprint density at radius 2 is 1.32 bits per heavy atom. The zero-order valence-corrected chi connectivity index (χ0v) is 17.6. The molecule has 7 heteroatoms. The van der Waals surface area contributed by atoms with Gasteiger partial charge in [-0.25, -0.2) is 0 Å². The topological polar surface area (TPSA) is 32.3 Å². The zero-order valence-electron chi connectivity index (χ0n) is 14.5. The number of hydrogen-bond acceptors (Lipinski definition) is 3. The highest BCUT2D eigenvalue weighted by Crippen LogP contribution is 2.51. The fraction of sp³-hybridized carbons (Fsp3) is 0.0952. The molecule has 0 spiro atoms. The van der Waals surface area contributed by atoms with E-state index in [0.29, 0.717) is 5.56 Å². The number of amides is 1. The predicted octanol–water partition coefficient (Wildman–Crippen LogP) is 6.42. The molecular formula is C21H15Cl3N2OS. The van der Waals surface area contributed by atoms with Crippen molar-refractivity contribution in [3.63, 3.8) is 0 Å². The number of hydrogen-bond donors (Lipinski definition) is 1. The van der Waals surface area contributed by atoms with Crippen LogP contribution >= 0.6 is 46.6 Å². The van der Waals surface area contributed by atoms with Gasteiger partial charge >= 0.3 is 0 Å². The minimum atomic E-state index is -1.77.